The van der Waals surface area contributed by atoms with Crippen molar-refractivity contribution in [3.8, 4) is 0 Å². The number of thioether (sulfide) groups is 1. The Kier molecular flexibility index (Phi) is 6.58. The molecule has 1 fully saturated rings. The highest BCUT2D eigenvalue weighted by atomic mass is 32.2. The minimum atomic E-state index is -0.111. The summed E-state index contributed by atoms with van der Waals surface area (Å²) in [7, 11) is 0. The van der Waals surface area contributed by atoms with Gasteiger partial charge < -0.3 is 10.2 Å². The summed E-state index contributed by atoms with van der Waals surface area (Å²) < 4.78 is 3.83. The molecule has 1 N–H and O–H groups in total. The van der Waals surface area contributed by atoms with Crippen LogP contribution in [0.15, 0.2) is 77.1 Å². The number of carbonyl (C=O) groups is 2. The van der Waals surface area contributed by atoms with E-state index in [1.54, 1.807) is 23.1 Å². The molecule has 6 rings (SSSR count). The SMILES string of the molecule is O=C(Nc1ccc2nc(SCn3nnc4ccccc43)sc2c1)C1CCN(C(=O)c2ccccc2)CC1. The highest BCUT2D eigenvalue weighted by Gasteiger charge is 2.28. The van der Waals surface area contributed by atoms with E-state index in [0.29, 0.717) is 37.4 Å². The lowest BCUT2D eigenvalue weighted by Crippen LogP contribution is -2.41. The fourth-order valence-corrected chi connectivity index (χ4v) is 6.51. The highest BCUT2D eigenvalue weighted by molar-refractivity contribution is 8.00. The van der Waals surface area contributed by atoms with E-state index in [-0.39, 0.29) is 17.7 Å². The van der Waals surface area contributed by atoms with Gasteiger partial charge in [0.05, 0.1) is 21.6 Å². The lowest BCUT2D eigenvalue weighted by Gasteiger charge is -2.31. The van der Waals surface area contributed by atoms with Gasteiger partial charge in [-0.2, -0.15) is 0 Å². The van der Waals surface area contributed by atoms with Gasteiger partial charge in [-0.1, -0.05) is 47.3 Å². The van der Waals surface area contributed by atoms with Crippen LogP contribution in [0.2, 0.25) is 0 Å². The summed E-state index contributed by atoms with van der Waals surface area (Å²) in [6.45, 7) is 1.17. The maximum atomic E-state index is 12.9. The molecular formula is C27H24N6O2S2. The zero-order chi connectivity index (χ0) is 25.2. The molecule has 0 spiro atoms. The summed E-state index contributed by atoms with van der Waals surface area (Å²) in [5.74, 6) is 0.541. The molecule has 2 amide bonds. The van der Waals surface area contributed by atoms with Crippen molar-refractivity contribution in [1.82, 2.24) is 24.9 Å². The van der Waals surface area contributed by atoms with Crippen LogP contribution in [0.3, 0.4) is 0 Å². The quantitative estimate of drug-likeness (QED) is 0.301. The molecule has 0 saturated carbocycles. The predicted octanol–water partition coefficient (Wildman–Crippen LogP) is 5.28. The average molecular weight is 529 g/mol. The number of hydrogen-bond donors (Lipinski definition) is 1. The van der Waals surface area contributed by atoms with Crippen molar-refractivity contribution in [1.29, 1.82) is 0 Å². The number of fused-ring (bicyclic) bond motifs is 2. The van der Waals surface area contributed by atoms with Crippen molar-refractivity contribution < 1.29 is 9.59 Å². The minimum absolute atomic E-state index is 0.00309. The average Bonchev–Trinajstić information content (AvgIpc) is 3.55. The Bertz CT molecular complexity index is 1570. The number of amides is 2. The summed E-state index contributed by atoms with van der Waals surface area (Å²) in [5.41, 5.74) is 4.23. The van der Waals surface area contributed by atoms with Gasteiger partial charge in [0.2, 0.25) is 5.91 Å². The van der Waals surface area contributed by atoms with Crippen LogP contribution in [0.25, 0.3) is 21.3 Å². The first-order valence-electron chi connectivity index (χ1n) is 12.1. The van der Waals surface area contributed by atoms with Gasteiger partial charge in [-0.3, -0.25) is 9.59 Å². The number of benzene rings is 3. The normalized spacial score (nSPS) is 14.3. The number of carbonyl (C=O) groups excluding carboxylic acids is 2. The predicted molar refractivity (Wildman–Crippen MR) is 147 cm³/mol. The summed E-state index contributed by atoms with van der Waals surface area (Å²) in [5, 5.41) is 11.5. The Hall–Kier alpha value is -3.76. The number of thiazole rings is 1. The first kappa shape index (κ1) is 23.6. The molecule has 1 aliphatic rings. The fraction of sp³-hybridized carbons (Fsp3) is 0.222. The zero-order valence-electron chi connectivity index (χ0n) is 19.9. The monoisotopic (exact) mass is 528 g/mol. The Labute approximate surface area is 221 Å². The van der Waals surface area contributed by atoms with Crippen molar-refractivity contribution in [2.75, 3.05) is 18.4 Å². The Morgan fingerprint density at radius 2 is 1.76 bits per heavy atom. The summed E-state index contributed by atoms with van der Waals surface area (Å²) >= 11 is 3.21. The van der Waals surface area contributed by atoms with E-state index in [1.807, 2.05) is 82.4 Å². The van der Waals surface area contributed by atoms with Crippen LogP contribution in [0.4, 0.5) is 5.69 Å². The van der Waals surface area contributed by atoms with Crippen molar-refractivity contribution >= 4 is 61.9 Å². The third-order valence-corrected chi connectivity index (χ3v) is 8.67. The number of rotatable bonds is 6. The zero-order valence-corrected chi connectivity index (χ0v) is 21.5. The maximum Gasteiger partial charge on any atom is 0.253 e. The van der Waals surface area contributed by atoms with Gasteiger partial charge in [0, 0.05) is 30.3 Å². The standard InChI is InChI=1S/C27H24N6O2S2/c34-25(18-12-14-32(15-13-18)26(35)19-6-2-1-3-7-19)28-20-10-11-22-24(16-20)37-27(29-22)36-17-33-23-9-5-4-8-21(23)30-31-33/h1-11,16,18H,12-15,17H2,(H,28,34). The lowest BCUT2D eigenvalue weighted by molar-refractivity contribution is -0.121. The number of hydrogen-bond acceptors (Lipinski definition) is 7. The van der Waals surface area contributed by atoms with Crippen LogP contribution >= 0.6 is 23.1 Å². The highest BCUT2D eigenvalue weighted by Crippen LogP contribution is 2.32. The molecule has 10 heteroatoms. The molecule has 2 aromatic heterocycles. The molecule has 37 heavy (non-hydrogen) atoms. The van der Waals surface area contributed by atoms with Crippen LogP contribution in [0.5, 0.6) is 0 Å². The van der Waals surface area contributed by atoms with E-state index in [1.165, 1.54) is 0 Å². The number of nitrogens with one attached hydrogen (secondary N) is 1. The molecule has 0 aliphatic carbocycles. The van der Waals surface area contributed by atoms with Gasteiger partial charge in [0.1, 0.15) is 5.52 Å². The molecule has 3 heterocycles. The smallest absolute Gasteiger partial charge is 0.253 e. The van der Waals surface area contributed by atoms with Gasteiger partial charge in [0.15, 0.2) is 4.34 Å². The summed E-state index contributed by atoms with van der Waals surface area (Å²) in [4.78, 5) is 32.2. The number of likely N-dealkylation sites (tertiary alicyclic amines) is 1. The molecular weight excluding hydrogens is 504 g/mol. The molecule has 0 atom stereocenters. The Morgan fingerprint density at radius 3 is 2.59 bits per heavy atom. The van der Waals surface area contributed by atoms with Crippen LogP contribution in [-0.4, -0.2) is 49.8 Å². The van der Waals surface area contributed by atoms with Gasteiger partial charge >= 0.3 is 0 Å². The summed E-state index contributed by atoms with van der Waals surface area (Å²) in [6.07, 6.45) is 1.32. The van der Waals surface area contributed by atoms with Crippen molar-refractivity contribution in [2.24, 2.45) is 5.92 Å². The van der Waals surface area contributed by atoms with E-state index in [9.17, 15) is 9.59 Å². The molecule has 3 aromatic carbocycles. The number of piperidine rings is 1. The second kappa shape index (κ2) is 10.3. The second-order valence-electron chi connectivity index (χ2n) is 8.94. The molecule has 0 radical (unpaired) electrons. The van der Waals surface area contributed by atoms with Gasteiger partial charge in [-0.25, -0.2) is 9.67 Å². The molecule has 186 valence electrons. The Morgan fingerprint density at radius 1 is 0.973 bits per heavy atom. The van der Waals surface area contributed by atoms with Crippen molar-refractivity contribution in [2.45, 2.75) is 23.1 Å². The maximum absolute atomic E-state index is 12.9. The van der Waals surface area contributed by atoms with Crippen LogP contribution in [0, 0.1) is 5.92 Å². The lowest BCUT2D eigenvalue weighted by atomic mass is 9.95. The number of nitrogens with zero attached hydrogens (tertiary/aromatic N) is 5. The van der Waals surface area contributed by atoms with Gasteiger partial charge in [-0.15, -0.1) is 16.4 Å². The number of aromatic nitrogens is 4. The first-order chi connectivity index (χ1) is 18.1. The van der Waals surface area contributed by atoms with Crippen LogP contribution < -0.4 is 5.32 Å². The van der Waals surface area contributed by atoms with Crippen LogP contribution in [-0.2, 0) is 10.7 Å². The number of anilines is 1. The second-order valence-corrected chi connectivity index (χ2v) is 11.2. The fourth-order valence-electron chi connectivity index (χ4n) is 4.52. The van der Waals surface area contributed by atoms with E-state index >= 15 is 0 Å². The van der Waals surface area contributed by atoms with Gasteiger partial charge in [0.25, 0.3) is 5.91 Å². The van der Waals surface area contributed by atoms with E-state index < -0.39 is 0 Å². The van der Waals surface area contributed by atoms with Crippen molar-refractivity contribution in [3.05, 3.63) is 78.4 Å². The Balaban J connectivity index is 1.06. The van der Waals surface area contributed by atoms with E-state index in [2.05, 4.69) is 15.6 Å². The molecule has 0 bridgehead atoms. The van der Waals surface area contributed by atoms with Crippen LogP contribution in [0.1, 0.15) is 23.2 Å². The minimum Gasteiger partial charge on any atom is -0.339 e. The largest absolute Gasteiger partial charge is 0.339 e. The summed E-state index contributed by atoms with van der Waals surface area (Å²) in [6, 6.07) is 23.0. The first-order valence-corrected chi connectivity index (χ1v) is 13.9. The molecule has 0 unspecified atom stereocenters. The molecule has 5 aromatic rings. The van der Waals surface area contributed by atoms with E-state index in [0.717, 1.165) is 31.3 Å². The topological polar surface area (TPSA) is 93.0 Å². The molecule has 1 aliphatic heterocycles. The number of para-hydroxylation sites is 1. The third kappa shape index (κ3) is 5.07. The molecule has 1 saturated heterocycles. The van der Waals surface area contributed by atoms with Gasteiger partial charge in [-0.05, 0) is 55.3 Å². The van der Waals surface area contributed by atoms with Crippen molar-refractivity contribution in [3.63, 3.8) is 0 Å². The molecule has 8 nitrogen and oxygen atoms in total. The third-order valence-electron chi connectivity index (χ3n) is 6.54. The van der Waals surface area contributed by atoms with E-state index in [4.69, 9.17) is 4.98 Å².